The molecular formula is C34H36N6O2. The Hall–Kier alpha value is -4.85. The van der Waals surface area contributed by atoms with Gasteiger partial charge in [0, 0.05) is 67.8 Å². The molecule has 8 nitrogen and oxygen atoms in total. The van der Waals surface area contributed by atoms with Gasteiger partial charge in [-0.05, 0) is 82.1 Å². The zero-order valence-corrected chi connectivity index (χ0v) is 24.4. The highest BCUT2D eigenvalue weighted by atomic mass is 16.4. The lowest BCUT2D eigenvalue weighted by molar-refractivity contribution is -0.538. The Morgan fingerprint density at radius 3 is 2.00 bits per heavy atom. The molecule has 1 aromatic heterocycles. The highest BCUT2D eigenvalue weighted by Gasteiger charge is 2.21. The van der Waals surface area contributed by atoms with E-state index < -0.39 is 5.97 Å². The summed E-state index contributed by atoms with van der Waals surface area (Å²) >= 11 is 0. The van der Waals surface area contributed by atoms with E-state index in [9.17, 15) is 9.90 Å². The number of hydrogen-bond acceptors (Lipinski definition) is 7. The number of carboxylic acid groups (broad SMARTS) is 1. The van der Waals surface area contributed by atoms with Crippen molar-refractivity contribution < 1.29 is 14.5 Å². The third-order valence-electron chi connectivity index (χ3n) is 7.47. The van der Waals surface area contributed by atoms with Gasteiger partial charge in [-0.2, -0.15) is 10.2 Å². The molecule has 0 saturated carbocycles. The second-order valence-corrected chi connectivity index (χ2v) is 10.1. The smallest absolute Gasteiger partial charge is 0.239 e. The van der Waals surface area contributed by atoms with Gasteiger partial charge in [0.2, 0.25) is 16.7 Å². The van der Waals surface area contributed by atoms with E-state index >= 15 is 0 Å². The first kappa shape index (κ1) is 28.7. The number of carboxylic acids is 1. The summed E-state index contributed by atoms with van der Waals surface area (Å²) in [5.74, 6) is -1.02. The lowest BCUT2D eigenvalue weighted by atomic mass is 10.1. The summed E-state index contributed by atoms with van der Waals surface area (Å²) in [7, 11) is 0. The second-order valence-electron chi connectivity index (χ2n) is 10.1. The van der Waals surface area contributed by atoms with Gasteiger partial charge in [-0.1, -0.05) is 18.2 Å². The molecule has 0 aliphatic heterocycles. The first-order chi connectivity index (χ1) is 20.5. The van der Waals surface area contributed by atoms with Crippen LogP contribution >= 0.6 is 0 Å². The number of nitrogens with zero attached hydrogens (tertiary/aromatic N) is 6. The predicted molar refractivity (Wildman–Crippen MR) is 167 cm³/mol. The van der Waals surface area contributed by atoms with Crippen LogP contribution in [-0.2, 0) is 4.79 Å². The van der Waals surface area contributed by atoms with Crippen LogP contribution < -0.4 is 19.5 Å². The minimum absolute atomic E-state index is 0.0568. The quantitative estimate of drug-likeness (QED) is 0.102. The Balaban J connectivity index is 1.49. The topological polar surface area (TPSA) is 88.1 Å². The molecule has 0 spiro atoms. The van der Waals surface area contributed by atoms with Crippen LogP contribution in [0.1, 0.15) is 33.6 Å². The maximum absolute atomic E-state index is 10.8. The van der Waals surface area contributed by atoms with Crippen LogP contribution in [0, 0.1) is 0 Å². The van der Waals surface area contributed by atoms with Crippen LogP contribution in [0.3, 0.4) is 0 Å². The molecule has 5 rings (SSSR count). The average Bonchev–Trinajstić information content (AvgIpc) is 3.02. The number of aromatic nitrogens is 2. The Bertz CT molecular complexity index is 1700. The Kier molecular flexibility index (Phi) is 9.02. The van der Waals surface area contributed by atoms with Crippen LogP contribution in [0.15, 0.2) is 101 Å². The van der Waals surface area contributed by atoms with E-state index in [1.165, 1.54) is 0 Å². The fraction of sp³-hybridized carbons (Fsp3) is 0.265. The lowest BCUT2D eigenvalue weighted by Gasteiger charge is -2.23. The minimum atomic E-state index is -1.02. The lowest BCUT2D eigenvalue weighted by Crippen LogP contribution is -2.33. The molecule has 0 atom stereocenters. The van der Waals surface area contributed by atoms with Gasteiger partial charge >= 0.3 is 0 Å². The van der Waals surface area contributed by atoms with Gasteiger partial charge in [0.1, 0.15) is 11.0 Å². The molecule has 0 N–H and O–H groups in total. The van der Waals surface area contributed by atoms with Gasteiger partial charge in [0.25, 0.3) is 0 Å². The zero-order valence-electron chi connectivity index (χ0n) is 24.4. The number of anilines is 2. The van der Waals surface area contributed by atoms with Crippen molar-refractivity contribution in [3.05, 3.63) is 91.0 Å². The largest absolute Gasteiger partial charge is 0.550 e. The molecule has 4 aromatic carbocycles. The molecule has 0 radical (unpaired) electrons. The molecule has 0 bridgehead atoms. The predicted octanol–water partition coefficient (Wildman–Crippen LogP) is 6.28. The van der Waals surface area contributed by atoms with E-state index in [4.69, 9.17) is 4.98 Å². The van der Waals surface area contributed by atoms with Crippen molar-refractivity contribution in [1.82, 2.24) is 4.98 Å². The van der Waals surface area contributed by atoms with Crippen molar-refractivity contribution in [2.45, 2.75) is 33.6 Å². The molecule has 0 amide bonds. The number of hydrogen-bond donors (Lipinski definition) is 0. The van der Waals surface area contributed by atoms with Crippen LogP contribution in [0.25, 0.3) is 27.8 Å². The third-order valence-corrected chi connectivity index (χ3v) is 7.47. The number of fused-ring (bicyclic) bond motifs is 2. The van der Waals surface area contributed by atoms with E-state index in [0.717, 1.165) is 70.1 Å². The Morgan fingerprint density at radius 2 is 1.33 bits per heavy atom. The van der Waals surface area contributed by atoms with Crippen molar-refractivity contribution >= 4 is 50.8 Å². The van der Waals surface area contributed by atoms with E-state index in [1.807, 2.05) is 60.7 Å². The third kappa shape index (κ3) is 6.38. The molecule has 42 heavy (non-hydrogen) atoms. The van der Waals surface area contributed by atoms with Crippen molar-refractivity contribution in [2.75, 3.05) is 36.0 Å². The molecule has 214 valence electrons. The van der Waals surface area contributed by atoms with Crippen LogP contribution in [-0.4, -0.2) is 37.1 Å². The molecule has 0 saturated heterocycles. The number of para-hydroxylation sites is 1. The minimum Gasteiger partial charge on any atom is -0.550 e. The average molecular weight is 561 g/mol. The normalized spacial score (nSPS) is 11.4. The fourth-order valence-electron chi connectivity index (χ4n) is 5.26. The van der Waals surface area contributed by atoms with E-state index in [-0.39, 0.29) is 6.42 Å². The number of aliphatic carboxylic acids is 1. The van der Waals surface area contributed by atoms with Gasteiger partial charge < -0.3 is 19.7 Å². The summed E-state index contributed by atoms with van der Waals surface area (Å²) in [5.41, 5.74) is 8.49. The highest BCUT2D eigenvalue weighted by Crippen LogP contribution is 2.27. The SMILES string of the molecule is CCN(CC)c1ccc2nc3ccc(N=Nc4ccc(N(CC)CCCC(=O)[O-])cc4)cc3[n+](-c3ccccc3)c2c1. The van der Waals surface area contributed by atoms with Crippen LogP contribution in [0.4, 0.5) is 22.7 Å². The summed E-state index contributed by atoms with van der Waals surface area (Å²) in [5, 5.41) is 19.8. The van der Waals surface area contributed by atoms with E-state index in [1.54, 1.807) is 0 Å². The second kappa shape index (κ2) is 13.2. The molecule has 0 aliphatic carbocycles. The fourth-order valence-corrected chi connectivity index (χ4v) is 5.26. The van der Waals surface area contributed by atoms with Gasteiger partial charge in [0.15, 0.2) is 0 Å². The molecule has 0 unspecified atom stereocenters. The summed E-state index contributed by atoms with van der Waals surface area (Å²) in [4.78, 5) is 20.2. The Labute approximate surface area is 246 Å². The standard InChI is InChI=1S/C34H36N6O2/c1-4-38(5-2)29-19-21-31-33(24-29)40(28-11-8-7-9-12-28)32-23-26(16-20-30(32)35-31)37-36-25-14-17-27(18-15-25)39(6-3)22-10-13-34(41)42/h7-9,11-12,14-21,23-24H,4-6,10,13,22H2,1-3H3. The van der Waals surface area contributed by atoms with Crippen molar-refractivity contribution in [1.29, 1.82) is 0 Å². The first-order valence-corrected chi connectivity index (χ1v) is 14.6. The summed E-state index contributed by atoms with van der Waals surface area (Å²) in [6.45, 7) is 9.69. The number of benzene rings is 4. The van der Waals surface area contributed by atoms with E-state index in [0.29, 0.717) is 13.0 Å². The molecule has 5 aromatic rings. The Morgan fingerprint density at radius 1 is 0.738 bits per heavy atom. The molecule has 0 fully saturated rings. The number of azo groups is 1. The van der Waals surface area contributed by atoms with Crippen molar-refractivity contribution in [3.63, 3.8) is 0 Å². The molecule has 8 heteroatoms. The van der Waals surface area contributed by atoms with Gasteiger partial charge in [0.05, 0.1) is 11.4 Å². The summed E-state index contributed by atoms with van der Waals surface area (Å²) in [6.07, 6.45) is 0.602. The summed E-state index contributed by atoms with van der Waals surface area (Å²) in [6, 6.07) is 30.6. The monoisotopic (exact) mass is 560 g/mol. The highest BCUT2D eigenvalue weighted by molar-refractivity contribution is 5.85. The maximum Gasteiger partial charge on any atom is 0.239 e. The van der Waals surface area contributed by atoms with Crippen molar-refractivity contribution in [2.24, 2.45) is 10.2 Å². The first-order valence-electron chi connectivity index (χ1n) is 14.6. The molecule has 1 heterocycles. The number of carbonyl (C=O) groups excluding carboxylic acids is 1. The van der Waals surface area contributed by atoms with Crippen LogP contribution in [0.5, 0.6) is 0 Å². The van der Waals surface area contributed by atoms with Gasteiger partial charge in [-0.15, -0.1) is 4.57 Å². The number of carbonyl (C=O) groups is 1. The van der Waals surface area contributed by atoms with Crippen molar-refractivity contribution in [3.8, 4) is 5.69 Å². The van der Waals surface area contributed by atoms with Crippen LogP contribution in [0.2, 0.25) is 0 Å². The number of rotatable bonds is 12. The maximum atomic E-state index is 10.8. The summed E-state index contributed by atoms with van der Waals surface area (Å²) < 4.78 is 2.25. The van der Waals surface area contributed by atoms with Gasteiger partial charge in [-0.25, -0.2) is 4.98 Å². The van der Waals surface area contributed by atoms with Gasteiger partial charge in [-0.3, -0.25) is 0 Å². The molecule has 0 aliphatic rings. The van der Waals surface area contributed by atoms with E-state index in [2.05, 4.69) is 75.7 Å². The zero-order chi connectivity index (χ0) is 29.5. The molecular weight excluding hydrogens is 524 g/mol.